The molecule has 0 aliphatic rings. The van der Waals surface area contributed by atoms with Crippen molar-refractivity contribution in [2.45, 2.75) is 0 Å². The average Bonchev–Trinajstić information content (AvgIpc) is 0.918. The SMILES string of the molecule is N#CS.[Ba]. The number of thiol groups is 1. The van der Waals surface area contributed by atoms with E-state index in [1.165, 1.54) is 5.40 Å². The number of thiocyanates is 1. The summed E-state index contributed by atoms with van der Waals surface area (Å²) in [6.07, 6.45) is 0. The van der Waals surface area contributed by atoms with E-state index in [0.29, 0.717) is 0 Å². The molecule has 0 aliphatic carbocycles. The first-order valence-electron chi connectivity index (χ1n) is 0.447. The second-order valence-electron chi connectivity index (χ2n) is 0.100. The summed E-state index contributed by atoms with van der Waals surface area (Å²) in [5.74, 6) is 0. The molecule has 0 heterocycles. The van der Waals surface area contributed by atoms with Crippen LogP contribution in [0.5, 0.6) is 0 Å². The van der Waals surface area contributed by atoms with Gasteiger partial charge in [0.2, 0.25) is 0 Å². The maximum Gasteiger partial charge on any atom is 0.130 e. The van der Waals surface area contributed by atoms with Crippen LogP contribution < -0.4 is 0 Å². The summed E-state index contributed by atoms with van der Waals surface area (Å²) < 4.78 is 0. The van der Waals surface area contributed by atoms with E-state index in [0.717, 1.165) is 0 Å². The molecule has 4 heavy (non-hydrogen) atoms. The Morgan fingerprint density at radius 3 is 1.75 bits per heavy atom. The molecule has 0 atom stereocenters. The molecule has 0 fully saturated rings. The summed E-state index contributed by atoms with van der Waals surface area (Å²) in [7, 11) is 0. The summed E-state index contributed by atoms with van der Waals surface area (Å²) in [4.78, 5) is 0. The van der Waals surface area contributed by atoms with Gasteiger partial charge in [-0.1, -0.05) is 12.6 Å². The molecule has 0 rings (SSSR count). The van der Waals surface area contributed by atoms with E-state index in [2.05, 4.69) is 12.6 Å². The third kappa shape index (κ3) is 9.96. The number of nitrogens with zero attached hydrogens (tertiary/aromatic N) is 1. The van der Waals surface area contributed by atoms with Crippen LogP contribution in [-0.2, 0) is 0 Å². The minimum atomic E-state index is 0. The van der Waals surface area contributed by atoms with Crippen molar-refractivity contribution >= 4 is 61.5 Å². The van der Waals surface area contributed by atoms with Crippen LogP contribution in [0.15, 0.2) is 0 Å². The Balaban J connectivity index is 0. The minimum absolute atomic E-state index is 0. The van der Waals surface area contributed by atoms with Crippen molar-refractivity contribution in [1.29, 1.82) is 5.26 Å². The zero-order valence-corrected chi connectivity index (χ0v) is 7.44. The van der Waals surface area contributed by atoms with Crippen LogP contribution in [-0.4, -0.2) is 48.9 Å². The smallest absolute Gasteiger partial charge is 0.130 e. The topological polar surface area (TPSA) is 23.8 Å². The van der Waals surface area contributed by atoms with Crippen molar-refractivity contribution < 1.29 is 0 Å². The molecule has 2 radical (unpaired) electrons. The maximum atomic E-state index is 7.18. The van der Waals surface area contributed by atoms with Crippen molar-refractivity contribution in [3.8, 4) is 5.40 Å². The van der Waals surface area contributed by atoms with Crippen LogP contribution in [0.2, 0.25) is 0 Å². The first-order chi connectivity index (χ1) is 1.41. The Morgan fingerprint density at radius 1 is 1.75 bits per heavy atom. The molecule has 0 aromatic carbocycles. The fraction of sp³-hybridized carbons (Fsp3) is 0. The predicted molar refractivity (Wildman–Crippen MR) is 20.4 cm³/mol. The van der Waals surface area contributed by atoms with E-state index in [9.17, 15) is 0 Å². The molecule has 0 aromatic heterocycles. The molecule has 0 saturated heterocycles. The minimum Gasteiger partial charge on any atom is -0.185 e. The Morgan fingerprint density at radius 2 is 1.75 bits per heavy atom. The number of nitriles is 1. The van der Waals surface area contributed by atoms with Gasteiger partial charge in [0.15, 0.2) is 0 Å². The molecule has 0 saturated carbocycles. The summed E-state index contributed by atoms with van der Waals surface area (Å²) >= 11 is 3.09. The molecule has 0 aromatic rings. The van der Waals surface area contributed by atoms with Gasteiger partial charge in [-0.3, -0.25) is 0 Å². The maximum absolute atomic E-state index is 7.18. The first-order valence-corrected chi connectivity index (χ1v) is 0.894. The van der Waals surface area contributed by atoms with Gasteiger partial charge in [-0.25, -0.2) is 0 Å². The third-order valence-corrected chi connectivity index (χ3v) is 0. The number of hydrogen-bond acceptors (Lipinski definition) is 2. The predicted octanol–water partition coefficient (Wildman–Crippen LogP) is 0.0165. The summed E-state index contributed by atoms with van der Waals surface area (Å²) in [5, 5.41) is 8.63. The van der Waals surface area contributed by atoms with Crippen molar-refractivity contribution in [3.63, 3.8) is 0 Å². The van der Waals surface area contributed by atoms with Gasteiger partial charge < -0.3 is 0 Å². The van der Waals surface area contributed by atoms with Gasteiger partial charge >= 0.3 is 0 Å². The molecular weight excluding hydrogens is 195 g/mol. The van der Waals surface area contributed by atoms with Crippen LogP contribution in [0.25, 0.3) is 0 Å². The summed E-state index contributed by atoms with van der Waals surface area (Å²) in [6.45, 7) is 0. The second kappa shape index (κ2) is 8.83. The van der Waals surface area contributed by atoms with Crippen LogP contribution >= 0.6 is 12.6 Å². The molecule has 0 spiro atoms. The van der Waals surface area contributed by atoms with E-state index in [1.54, 1.807) is 0 Å². The van der Waals surface area contributed by atoms with Crippen molar-refractivity contribution in [3.05, 3.63) is 0 Å². The fourth-order valence-corrected chi connectivity index (χ4v) is 0. The average molecular weight is 196 g/mol. The van der Waals surface area contributed by atoms with Gasteiger partial charge in [-0.05, 0) is 0 Å². The van der Waals surface area contributed by atoms with Gasteiger partial charge in [0.25, 0.3) is 0 Å². The molecule has 0 unspecified atom stereocenters. The van der Waals surface area contributed by atoms with Crippen molar-refractivity contribution in [2.24, 2.45) is 0 Å². The van der Waals surface area contributed by atoms with Gasteiger partial charge in [0, 0.05) is 48.9 Å². The normalized spacial score (nSPS) is 2.00. The molecule has 0 N–H and O–H groups in total. The summed E-state index contributed by atoms with van der Waals surface area (Å²) in [6, 6.07) is 0. The van der Waals surface area contributed by atoms with Gasteiger partial charge in [0.1, 0.15) is 5.40 Å². The zero-order valence-electron chi connectivity index (χ0n) is 2.10. The summed E-state index contributed by atoms with van der Waals surface area (Å²) in [5.41, 5.74) is 0. The van der Waals surface area contributed by atoms with E-state index < -0.39 is 0 Å². The third-order valence-electron chi connectivity index (χ3n) is 0. The first kappa shape index (κ1) is 9.05. The van der Waals surface area contributed by atoms with Crippen LogP contribution in [0, 0.1) is 10.7 Å². The molecule has 1 nitrogen and oxygen atoms in total. The van der Waals surface area contributed by atoms with Crippen LogP contribution in [0.1, 0.15) is 0 Å². The largest absolute Gasteiger partial charge is 0.185 e. The fourth-order valence-electron chi connectivity index (χ4n) is 0. The zero-order chi connectivity index (χ0) is 2.71. The van der Waals surface area contributed by atoms with E-state index in [1.807, 2.05) is 0 Å². The molecule has 18 valence electrons. The van der Waals surface area contributed by atoms with E-state index in [-0.39, 0.29) is 48.9 Å². The second-order valence-corrected chi connectivity index (χ2v) is 0.300. The van der Waals surface area contributed by atoms with Gasteiger partial charge in [0.05, 0.1) is 0 Å². The monoisotopic (exact) mass is 197 g/mol. The van der Waals surface area contributed by atoms with E-state index >= 15 is 0 Å². The molecule has 0 aliphatic heterocycles. The van der Waals surface area contributed by atoms with Crippen molar-refractivity contribution in [1.82, 2.24) is 0 Å². The Labute approximate surface area is 70.9 Å². The van der Waals surface area contributed by atoms with Crippen LogP contribution in [0.4, 0.5) is 0 Å². The molecular formula is CHBaNS. The van der Waals surface area contributed by atoms with Gasteiger partial charge in [-0.15, -0.1) is 0 Å². The molecule has 0 bridgehead atoms. The molecule has 3 heteroatoms. The van der Waals surface area contributed by atoms with E-state index in [4.69, 9.17) is 5.26 Å². The quantitative estimate of drug-likeness (QED) is 0.330. The van der Waals surface area contributed by atoms with Gasteiger partial charge in [-0.2, -0.15) is 5.26 Å². The Kier molecular flexibility index (Phi) is 20.0. The standard InChI is InChI=1S/CHNS.Ba/c2-1-3;/h3H;. The number of hydrogen-bond donors (Lipinski definition) is 1. The van der Waals surface area contributed by atoms with Crippen molar-refractivity contribution in [2.75, 3.05) is 0 Å². The molecule has 0 amide bonds. The Bertz CT molecular complexity index is 29.5. The number of rotatable bonds is 0. The van der Waals surface area contributed by atoms with Crippen LogP contribution in [0.3, 0.4) is 0 Å². The Hall–Kier alpha value is 1.41.